The van der Waals surface area contributed by atoms with Gasteiger partial charge < -0.3 is 14.9 Å². The van der Waals surface area contributed by atoms with Gasteiger partial charge in [-0.25, -0.2) is 0 Å². The summed E-state index contributed by atoms with van der Waals surface area (Å²) in [4.78, 5) is 24.0. The number of fused-ring (bicyclic) bond motifs is 5. The first kappa shape index (κ1) is 25.7. The molecule has 0 unspecified atom stereocenters. The van der Waals surface area contributed by atoms with Crippen molar-refractivity contribution in [3.8, 4) is 0 Å². The molecule has 4 aliphatic carbocycles. The van der Waals surface area contributed by atoms with Crippen LogP contribution in [0.4, 0.5) is 0 Å². The molecule has 5 nitrogen and oxygen atoms in total. The Hall–Kier alpha value is -1.36. The lowest BCUT2D eigenvalue weighted by molar-refractivity contribution is -0.195. The number of aliphatic carboxylic acids is 1. The predicted octanol–water partition coefficient (Wildman–Crippen LogP) is 6.00. The van der Waals surface area contributed by atoms with E-state index in [1.165, 1.54) is 6.42 Å². The molecule has 0 radical (unpaired) electrons. The van der Waals surface area contributed by atoms with Crippen LogP contribution in [0.25, 0.3) is 0 Å². The molecule has 0 bridgehead atoms. The molecule has 0 heterocycles. The first-order valence-corrected chi connectivity index (χ1v) is 13.8. The van der Waals surface area contributed by atoms with E-state index in [0.29, 0.717) is 48.3 Å². The Kier molecular flexibility index (Phi) is 7.53. The second-order valence-corrected chi connectivity index (χ2v) is 12.7. The van der Waals surface area contributed by atoms with Crippen molar-refractivity contribution >= 4 is 11.9 Å². The van der Waals surface area contributed by atoms with Gasteiger partial charge in [-0.05, 0) is 105 Å². The zero-order valence-electron chi connectivity index (χ0n) is 21.5. The van der Waals surface area contributed by atoms with E-state index in [2.05, 4.69) is 27.4 Å². The number of hydrogen-bond donors (Lipinski definition) is 2. The van der Waals surface area contributed by atoms with Gasteiger partial charge in [-0.1, -0.05) is 26.8 Å². The molecule has 4 fully saturated rings. The molecule has 0 spiro atoms. The highest BCUT2D eigenvalue weighted by Gasteiger charge is 2.63. The molecule has 4 rings (SSSR count). The van der Waals surface area contributed by atoms with Gasteiger partial charge in [-0.15, -0.1) is 6.58 Å². The first-order chi connectivity index (χ1) is 16.1. The monoisotopic (exact) mass is 474 g/mol. The molecule has 192 valence electrons. The van der Waals surface area contributed by atoms with Crippen molar-refractivity contribution < 1.29 is 24.5 Å². The molecular weight excluding hydrogens is 428 g/mol. The molecule has 5 heteroatoms. The van der Waals surface area contributed by atoms with Gasteiger partial charge >= 0.3 is 11.9 Å². The number of rotatable bonds is 8. The molecule has 2 N–H and O–H groups in total. The highest BCUT2D eigenvalue weighted by atomic mass is 16.5. The maximum atomic E-state index is 12.8. The molecule has 34 heavy (non-hydrogen) atoms. The number of carbonyl (C=O) groups excluding carboxylic acids is 1. The van der Waals surface area contributed by atoms with Crippen LogP contribution in [0.1, 0.15) is 97.8 Å². The van der Waals surface area contributed by atoms with Crippen molar-refractivity contribution in [3.63, 3.8) is 0 Å². The number of carboxylic acid groups (broad SMARTS) is 1. The van der Waals surface area contributed by atoms with Crippen molar-refractivity contribution in [1.29, 1.82) is 0 Å². The van der Waals surface area contributed by atoms with E-state index in [1.807, 2.05) is 0 Å². The largest absolute Gasteiger partial charge is 0.481 e. The Bertz CT molecular complexity index is 778. The van der Waals surface area contributed by atoms with E-state index in [-0.39, 0.29) is 35.4 Å². The fourth-order valence-corrected chi connectivity index (χ4v) is 9.27. The van der Waals surface area contributed by atoms with Crippen molar-refractivity contribution in [3.05, 3.63) is 12.7 Å². The number of ether oxygens (including phenoxy) is 1. The van der Waals surface area contributed by atoms with Crippen LogP contribution in [0, 0.1) is 46.3 Å². The van der Waals surface area contributed by atoms with E-state index in [1.54, 1.807) is 6.08 Å². The van der Waals surface area contributed by atoms with Crippen LogP contribution in [-0.2, 0) is 14.3 Å². The minimum absolute atomic E-state index is 0.0663. The van der Waals surface area contributed by atoms with Crippen LogP contribution < -0.4 is 0 Å². The van der Waals surface area contributed by atoms with Crippen LogP contribution in [0.3, 0.4) is 0 Å². The lowest BCUT2D eigenvalue weighted by Gasteiger charge is -2.62. The van der Waals surface area contributed by atoms with E-state index in [0.717, 1.165) is 51.4 Å². The van der Waals surface area contributed by atoms with Crippen LogP contribution >= 0.6 is 0 Å². The summed E-state index contributed by atoms with van der Waals surface area (Å²) in [7, 11) is 0. The van der Waals surface area contributed by atoms with Gasteiger partial charge in [0, 0.05) is 18.8 Å². The molecule has 0 amide bonds. The average Bonchev–Trinajstić information content (AvgIpc) is 3.14. The van der Waals surface area contributed by atoms with Crippen LogP contribution in [0.2, 0.25) is 0 Å². The standard InChI is InChI=1S/C29H46O5/c1-5-6-7-26(33)34-24-17-19-16-20(30)12-14-28(19,3)23-13-15-29(4)21(9-10-22(29)27(23)24)18(2)8-11-25(31)32/h5,18-24,27,30H,1,6-17H2,2-4H3,(H,31,32)/t18-,19+,20-,21-,22+,23+,24-,27+,28+,29-/m1/s1. The van der Waals surface area contributed by atoms with Gasteiger partial charge in [0.05, 0.1) is 6.10 Å². The normalized spacial score (nSPS) is 44.3. The van der Waals surface area contributed by atoms with Gasteiger partial charge in [0.2, 0.25) is 0 Å². The maximum Gasteiger partial charge on any atom is 0.306 e. The van der Waals surface area contributed by atoms with Gasteiger partial charge in [0.15, 0.2) is 0 Å². The minimum Gasteiger partial charge on any atom is -0.481 e. The zero-order chi connectivity index (χ0) is 24.7. The molecular formula is C29H46O5. The summed E-state index contributed by atoms with van der Waals surface area (Å²) < 4.78 is 6.27. The third kappa shape index (κ3) is 4.58. The van der Waals surface area contributed by atoms with Crippen molar-refractivity contribution in [2.75, 3.05) is 0 Å². The Balaban J connectivity index is 1.61. The Morgan fingerprint density at radius 1 is 1.06 bits per heavy atom. The van der Waals surface area contributed by atoms with E-state index in [4.69, 9.17) is 4.74 Å². The van der Waals surface area contributed by atoms with Crippen molar-refractivity contribution in [2.24, 2.45) is 46.3 Å². The Labute approximate surface area is 205 Å². The minimum atomic E-state index is -0.701. The van der Waals surface area contributed by atoms with Gasteiger partial charge in [-0.3, -0.25) is 9.59 Å². The summed E-state index contributed by atoms with van der Waals surface area (Å²) in [6.45, 7) is 10.9. The Morgan fingerprint density at radius 2 is 1.76 bits per heavy atom. The average molecular weight is 475 g/mol. The van der Waals surface area contributed by atoms with Crippen LogP contribution in [-0.4, -0.2) is 34.4 Å². The fraction of sp³-hybridized carbons (Fsp3) is 0.862. The van der Waals surface area contributed by atoms with E-state index >= 15 is 0 Å². The number of carbonyl (C=O) groups is 2. The molecule has 0 aromatic rings. The summed E-state index contributed by atoms with van der Waals surface area (Å²) >= 11 is 0. The Morgan fingerprint density at radius 3 is 2.47 bits per heavy atom. The number of aliphatic hydroxyl groups excluding tert-OH is 1. The predicted molar refractivity (Wildman–Crippen MR) is 132 cm³/mol. The molecule has 0 aromatic carbocycles. The molecule has 4 saturated carbocycles. The first-order valence-electron chi connectivity index (χ1n) is 13.8. The number of allylic oxidation sites excluding steroid dienone is 1. The molecule has 10 atom stereocenters. The zero-order valence-corrected chi connectivity index (χ0v) is 21.5. The highest BCUT2D eigenvalue weighted by molar-refractivity contribution is 5.69. The smallest absolute Gasteiger partial charge is 0.306 e. The van der Waals surface area contributed by atoms with Crippen LogP contribution in [0.5, 0.6) is 0 Å². The van der Waals surface area contributed by atoms with Crippen LogP contribution in [0.15, 0.2) is 12.7 Å². The van der Waals surface area contributed by atoms with Gasteiger partial charge in [0.25, 0.3) is 0 Å². The number of carboxylic acids is 1. The summed E-state index contributed by atoms with van der Waals surface area (Å²) in [6, 6.07) is 0. The number of aliphatic hydroxyl groups is 1. The molecule has 4 aliphatic rings. The van der Waals surface area contributed by atoms with Crippen molar-refractivity contribution in [2.45, 2.75) is 110 Å². The molecule has 0 saturated heterocycles. The fourth-order valence-electron chi connectivity index (χ4n) is 9.27. The highest BCUT2D eigenvalue weighted by Crippen LogP contribution is 2.68. The maximum absolute atomic E-state index is 12.8. The molecule has 0 aliphatic heterocycles. The summed E-state index contributed by atoms with van der Waals surface area (Å²) in [6.07, 6.45) is 11.8. The van der Waals surface area contributed by atoms with Crippen molar-refractivity contribution in [1.82, 2.24) is 0 Å². The lowest BCUT2D eigenvalue weighted by Crippen LogP contribution is -2.59. The summed E-state index contributed by atoms with van der Waals surface area (Å²) in [5.74, 6) is 1.95. The second-order valence-electron chi connectivity index (χ2n) is 12.7. The summed E-state index contributed by atoms with van der Waals surface area (Å²) in [5, 5.41) is 19.7. The van der Waals surface area contributed by atoms with E-state index < -0.39 is 5.97 Å². The van der Waals surface area contributed by atoms with E-state index in [9.17, 15) is 19.8 Å². The molecule has 0 aromatic heterocycles. The third-order valence-electron chi connectivity index (χ3n) is 11.0. The number of esters is 1. The summed E-state index contributed by atoms with van der Waals surface area (Å²) in [5.41, 5.74) is 0.393. The quantitative estimate of drug-likeness (QED) is 0.333. The van der Waals surface area contributed by atoms with Gasteiger partial charge in [0.1, 0.15) is 6.10 Å². The number of hydrogen-bond acceptors (Lipinski definition) is 4. The second kappa shape index (κ2) is 9.95. The topological polar surface area (TPSA) is 83.8 Å². The van der Waals surface area contributed by atoms with Gasteiger partial charge in [-0.2, -0.15) is 0 Å². The third-order valence-corrected chi connectivity index (χ3v) is 11.0. The lowest BCUT2D eigenvalue weighted by atomic mass is 9.43. The SMILES string of the molecule is C=CCCC(=O)O[C@@H]1C[C@@H]2C[C@H](O)CC[C@]2(C)[C@H]2CC[C@]3(C)[C@@H]([C@H](C)CCC(=O)O)CC[C@H]3[C@H]12.